The molecular weight excluding hydrogens is 480 g/mol. The van der Waals surface area contributed by atoms with Crippen LogP contribution >= 0.6 is 0 Å². The first-order valence-electron chi connectivity index (χ1n) is 12.7. The molecular formula is C28H33F2N3O4. The number of nitrogens with one attached hydrogen (secondary N) is 1. The molecule has 0 aromatic heterocycles. The molecule has 9 heteroatoms. The molecule has 2 N–H and O–H groups in total. The third-order valence-electron chi connectivity index (χ3n) is 7.63. The molecule has 2 heterocycles. The number of nitrogens with zero attached hydrogens (tertiary/aromatic N) is 2. The summed E-state index contributed by atoms with van der Waals surface area (Å²) in [6.45, 7) is 5.19. The highest BCUT2D eigenvalue weighted by molar-refractivity contribution is 5.98. The van der Waals surface area contributed by atoms with E-state index in [1.165, 1.54) is 4.90 Å². The number of halogens is 2. The van der Waals surface area contributed by atoms with Gasteiger partial charge in [0.2, 0.25) is 11.8 Å². The van der Waals surface area contributed by atoms with Crippen LogP contribution in [0.1, 0.15) is 54.6 Å². The van der Waals surface area contributed by atoms with Gasteiger partial charge in [0.1, 0.15) is 0 Å². The number of carbonyl (C=O) groups is 3. The molecule has 3 amide bonds. The van der Waals surface area contributed by atoms with Crippen molar-refractivity contribution in [1.82, 2.24) is 15.3 Å². The number of hydrogen-bond acceptors (Lipinski definition) is 4. The quantitative estimate of drug-likeness (QED) is 0.372. The van der Waals surface area contributed by atoms with E-state index in [1.807, 2.05) is 44.2 Å². The molecule has 0 spiro atoms. The van der Waals surface area contributed by atoms with Crippen molar-refractivity contribution in [3.05, 3.63) is 70.8 Å². The van der Waals surface area contributed by atoms with Gasteiger partial charge in [-0.05, 0) is 54.9 Å². The summed E-state index contributed by atoms with van der Waals surface area (Å²) >= 11 is 0. The molecule has 1 unspecified atom stereocenters. The van der Waals surface area contributed by atoms with E-state index in [0.717, 1.165) is 17.7 Å². The molecule has 1 fully saturated rings. The Labute approximate surface area is 215 Å². The van der Waals surface area contributed by atoms with Crippen molar-refractivity contribution < 1.29 is 28.4 Å². The van der Waals surface area contributed by atoms with E-state index in [1.54, 1.807) is 10.4 Å². The van der Waals surface area contributed by atoms with Crippen LogP contribution in [0.4, 0.5) is 8.78 Å². The van der Waals surface area contributed by atoms with Gasteiger partial charge >= 0.3 is 0 Å². The molecule has 7 nitrogen and oxygen atoms in total. The van der Waals surface area contributed by atoms with Gasteiger partial charge in [0, 0.05) is 31.7 Å². The second-order valence-electron chi connectivity index (χ2n) is 10.5. The van der Waals surface area contributed by atoms with Crippen molar-refractivity contribution in [2.45, 2.75) is 46.1 Å². The lowest BCUT2D eigenvalue weighted by Gasteiger charge is -2.37. The minimum absolute atomic E-state index is 0.0904. The Morgan fingerprint density at radius 3 is 2.46 bits per heavy atom. The van der Waals surface area contributed by atoms with E-state index in [4.69, 9.17) is 0 Å². The number of amides is 3. The lowest BCUT2D eigenvalue weighted by molar-refractivity contribution is -0.150. The molecule has 2 atom stereocenters. The van der Waals surface area contributed by atoms with Gasteiger partial charge in [-0.25, -0.2) is 14.3 Å². The van der Waals surface area contributed by atoms with Crippen LogP contribution in [0.25, 0.3) is 0 Å². The molecule has 2 aromatic carbocycles. The summed E-state index contributed by atoms with van der Waals surface area (Å²) < 4.78 is 27.4. The lowest BCUT2D eigenvalue weighted by atomic mass is 9.67. The maximum absolute atomic E-state index is 13.9. The van der Waals surface area contributed by atoms with Crippen LogP contribution in [0.2, 0.25) is 0 Å². The maximum Gasteiger partial charge on any atom is 0.254 e. The maximum atomic E-state index is 13.9. The first kappa shape index (κ1) is 26.7. The van der Waals surface area contributed by atoms with Gasteiger partial charge in [0.05, 0.1) is 11.3 Å². The SMILES string of the molecule is CC(C)C[C@]1(C(CCN2Cc3cc(F)c(F)cc3C2=O)C(=O)NO)CCN(CCc2ccccc2)C1=O. The van der Waals surface area contributed by atoms with Crippen LogP contribution in [-0.4, -0.2) is 52.4 Å². The van der Waals surface area contributed by atoms with Crippen LogP contribution in [0, 0.1) is 28.9 Å². The fourth-order valence-electron chi connectivity index (χ4n) is 5.93. The Kier molecular flexibility index (Phi) is 7.92. The zero-order chi connectivity index (χ0) is 26.7. The number of hydroxylamine groups is 1. The summed E-state index contributed by atoms with van der Waals surface area (Å²) in [5, 5.41) is 9.58. The molecule has 2 aliphatic rings. The average molecular weight is 514 g/mol. The Morgan fingerprint density at radius 2 is 1.78 bits per heavy atom. The number of benzene rings is 2. The number of fused-ring (bicyclic) bond motifs is 1. The Bertz CT molecular complexity index is 1170. The molecule has 2 aromatic rings. The highest BCUT2D eigenvalue weighted by Gasteiger charge is 2.54. The van der Waals surface area contributed by atoms with Gasteiger partial charge in [-0.2, -0.15) is 0 Å². The van der Waals surface area contributed by atoms with Crippen LogP contribution in [0.5, 0.6) is 0 Å². The predicted octanol–water partition coefficient (Wildman–Crippen LogP) is 3.94. The second-order valence-corrected chi connectivity index (χ2v) is 10.5. The first-order chi connectivity index (χ1) is 17.7. The molecule has 0 radical (unpaired) electrons. The molecule has 4 rings (SSSR count). The summed E-state index contributed by atoms with van der Waals surface area (Å²) in [6.07, 6.45) is 1.73. The van der Waals surface area contributed by atoms with Crippen LogP contribution in [0.15, 0.2) is 42.5 Å². The standard InChI is InChI=1S/C28H33F2N3O4/c1-18(2)16-28(10-13-32(27(28)36)11-8-19-6-4-3-5-7-19)22(25(34)31-37)9-12-33-17-20-14-23(29)24(30)15-21(20)26(33)35/h3-7,14-15,18,22,37H,8-13,16-17H2,1-2H3,(H,31,34)/t22?,28-/m0/s1. The van der Waals surface area contributed by atoms with Crippen molar-refractivity contribution in [3.63, 3.8) is 0 Å². The summed E-state index contributed by atoms with van der Waals surface area (Å²) in [4.78, 5) is 42.9. The molecule has 198 valence electrons. The normalized spacial score (nSPS) is 20.1. The summed E-state index contributed by atoms with van der Waals surface area (Å²) in [5.41, 5.74) is 2.31. The van der Waals surface area contributed by atoms with Gasteiger partial charge in [0.15, 0.2) is 11.6 Å². The Balaban J connectivity index is 1.53. The van der Waals surface area contributed by atoms with Gasteiger partial charge < -0.3 is 9.80 Å². The predicted molar refractivity (Wildman–Crippen MR) is 132 cm³/mol. The summed E-state index contributed by atoms with van der Waals surface area (Å²) in [7, 11) is 0. The van der Waals surface area contributed by atoms with Gasteiger partial charge in [-0.1, -0.05) is 44.2 Å². The minimum Gasteiger partial charge on any atom is -0.342 e. The fourth-order valence-corrected chi connectivity index (χ4v) is 5.93. The van der Waals surface area contributed by atoms with Crippen molar-refractivity contribution in [1.29, 1.82) is 0 Å². The molecule has 1 saturated heterocycles. The monoisotopic (exact) mass is 513 g/mol. The Morgan fingerprint density at radius 1 is 1.08 bits per heavy atom. The highest BCUT2D eigenvalue weighted by Crippen LogP contribution is 2.46. The van der Waals surface area contributed by atoms with E-state index >= 15 is 0 Å². The Hall–Kier alpha value is -3.33. The number of hydrogen-bond donors (Lipinski definition) is 2. The van der Waals surface area contributed by atoms with Crippen LogP contribution < -0.4 is 5.48 Å². The van der Waals surface area contributed by atoms with Gasteiger partial charge in [-0.3, -0.25) is 19.6 Å². The van der Waals surface area contributed by atoms with E-state index in [2.05, 4.69) is 0 Å². The fraction of sp³-hybridized carbons (Fsp3) is 0.464. The largest absolute Gasteiger partial charge is 0.342 e. The molecule has 0 aliphatic carbocycles. The number of carbonyl (C=O) groups excluding carboxylic acids is 3. The summed E-state index contributed by atoms with van der Waals surface area (Å²) in [5.74, 6) is -4.11. The zero-order valence-electron chi connectivity index (χ0n) is 21.2. The summed E-state index contributed by atoms with van der Waals surface area (Å²) in [6, 6.07) is 11.8. The third-order valence-corrected chi connectivity index (χ3v) is 7.63. The minimum atomic E-state index is -1.09. The van der Waals surface area contributed by atoms with E-state index < -0.39 is 34.8 Å². The van der Waals surface area contributed by atoms with Gasteiger partial charge in [0.25, 0.3) is 5.91 Å². The average Bonchev–Trinajstić information content (AvgIpc) is 3.34. The third kappa shape index (κ3) is 5.37. The van der Waals surface area contributed by atoms with E-state index in [-0.39, 0.29) is 36.9 Å². The van der Waals surface area contributed by atoms with E-state index in [9.17, 15) is 28.4 Å². The zero-order valence-corrected chi connectivity index (χ0v) is 21.2. The number of rotatable bonds is 10. The van der Waals surface area contributed by atoms with Crippen LogP contribution in [0.3, 0.4) is 0 Å². The topological polar surface area (TPSA) is 89.9 Å². The number of likely N-dealkylation sites (tertiary alicyclic amines) is 1. The second kappa shape index (κ2) is 11.0. The van der Waals surface area contributed by atoms with Crippen molar-refractivity contribution in [2.24, 2.45) is 17.3 Å². The van der Waals surface area contributed by atoms with E-state index in [0.29, 0.717) is 37.9 Å². The van der Waals surface area contributed by atoms with Crippen molar-refractivity contribution in [3.8, 4) is 0 Å². The van der Waals surface area contributed by atoms with Crippen LogP contribution in [-0.2, 0) is 22.6 Å². The molecule has 0 bridgehead atoms. The van der Waals surface area contributed by atoms with Crippen molar-refractivity contribution >= 4 is 17.7 Å². The lowest BCUT2D eigenvalue weighted by Crippen LogP contribution is -2.48. The van der Waals surface area contributed by atoms with Gasteiger partial charge in [-0.15, -0.1) is 0 Å². The molecule has 0 saturated carbocycles. The molecule has 37 heavy (non-hydrogen) atoms. The van der Waals surface area contributed by atoms with Crippen molar-refractivity contribution in [2.75, 3.05) is 19.6 Å². The first-order valence-corrected chi connectivity index (χ1v) is 12.7. The highest BCUT2D eigenvalue weighted by atomic mass is 19.2. The molecule has 2 aliphatic heterocycles. The smallest absolute Gasteiger partial charge is 0.254 e.